The number of primary amides is 1. The van der Waals surface area contributed by atoms with Crippen molar-refractivity contribution in [2.24, 2.45) is 5.73 Å². The minimum Gasteiger partial charge on any atom is -0.447 e. The van der Waals surface area contributed by atoms with Gasteiger partial charge in [0.2, 0.25) is 5.95 Å². The van der Waals surface area contributed by atoms with Gasteiger partial charge in [0, 0.05) is 37.2 Å². The van der Waals surface area contributed by atoms with Crippen LogP contribution in [-0.2, 0) is 34.8 Å². The van der Waals surface area contributed by atoms with Crippen LogP contribution in [0.3, 0.4) is 0 Å². The zero-order valence-corrected chi connectivity index (χ0v) is 19.6. The third kappa shape index (κ3) is 4.41. The van der Waals surface area contributed by atoms with Gasteiger partial charge in [-0.15, -0.1) is 0 Å². The molecule has 0 radical (unpaired) electrons. The quantitative estimate of drug-likeness (QED) is 0.646. The molecule has 0 spiro atoms. The first kappa shape index (κ1) is 21.7. The average molecular weight is 470 g/mol. The predicted molar refractivity (Wildman–Crippen MR) is 124 cm³/mol. The molecule has 0 fully saturated rings. The lowest BCUT2D eigenvalue weighted by atomic mass is 9.95. The Hall–Kier alpha value is -3.08. The second-order valence-corrected chi connectivity index (χ2v) is 10.7. The van der Waals surface area contributed by atoms with Crippen molar-refractivity contribution >= 4 is 34.2 Å². The lowest BCUT2D eigenvalue weighted by Gasteiger charge is -2.30. The molecule has 3 aliphatic rings. The summed E-state index contributed by atoms with van der Waals surface area (Å²) in [5.74, 6) is 2.46. The maximum Gasteiger partial charge on any atom is 0.404 e. The van der Waals surface area contributed by atoms with Gasteiger partial charge < -0.3 is 20.7 Å². The molecule has 11 heteroatoms. The summed E-state index contributed by atoms with van der Waals surface area (Å²) in [6.45, 7) is 5.17. The first-order valence-corrected chi connectivity index (χ1v) is 12.4. The lowest BCUT2D eigenvalue weighted by molar-refractivity contribution is 0.138. The summed E-state index contributed by atoms with van der Waals surface area (Å²) in [6.07, 6.45) is 6.79. The number of rotatable bonds is 6. The van der Waals surface area contributed by atoms with Crippen molar-refractivity contribution < 1.29 is 13.7 Å². The number of aryl methyl sites for hydroxylation is 3. The Morgan fingerprint density at radius 3 is 2.73 bits per heavy atom. The summed E-state index contributed by atoms with van der Waals surface area (Å²) in [5.41, 5.74) is 8.83. The molecule has 0 saturated carbocycles. The van der Waals surface area contributed by atoms with E-state index in [-0.39, 0.29) is 6.61 Å². The maximum absolute atomic E-state index is 12.6. The Morgan fingerprint density at radius 1 is 1.21 bits per heavy atom. The monoisotopic (exact) mass is 469 g/mol. The molecule has 1 amide bonds. The zero-order chi connectivity index (χ0) is 23.2. The Balaban J connectivity index is 1.38. The smallest absolute Gasteiger partial charge is 0.404 e. The molecule has 1 aliphatic carbocycles. The summed E-state index contributed by atoms with van der Waals surface area (Å²) in [6, 6.07) is 0. The largest absolute Gasteiger partial charge is 0.447 e. The minimum atomic E-state index is -1.17. The van der Waals surface area contributed by atoms with Crippen LogP contribution in [0.4, 0.5) is 16.6 Å². The van der Waals surface area contributed by atoms with Crippen LogP contribution in [0.25, 0.3) is 5.57 Å². The Labute approximate surface area is 194 Å². The maximum atomic E-state index is 12.6. The van der Waals surface area contributed by atoms with E-state index in [0.29, 0.717) is 35.4 Å². The van der Waals surface area contributed by atoms with Crippen molar-refractivity contribution in [2.45, 2.75) is 50.0 Å². The lowest BCUT2D eigenvalue weighted by Crippen LogP contribution is -2.39. The van der Waals surface area contributed by atoms with Crippen LogP contribution in [0, 0.1) is 0 Å². The fourth-order valence-electron chi connectivity index (χ4n) is 4.17. The molecule has 4 heterocycles. The number of nitrogens with one attached hydrogen (secondary N) is 1. The van der Waals surface area contributed by atoms with E-state index in [4.69, 9.17) is 25.4 Å². The van der Waals surface area contributed by atoms with Gasteiger partial charge in [0.1, 0.15) is 17.3 Å². The van der Waals surface area contributed by atoms with E-state index in [1.807, 2.05) is 20.0 Å². The van der Waals surface area contributed by atoms with Crippen LogP contribution in [0.15, 0.2) is 17.2 Å². The number of anilines is 2. The number of fused-ring (bicyclic) bond motifs is 2. The van der Waals surface area contributed by atoms with Gasteiger partial charge in [-0.25, -0.2) is 19.7 Å². The van der Waals surface area contributed by atoms with Gasteiger partial charge in [-0.1, -0.05) is 6.08 Å². The van der Waals surface area contributed by atoms with Crippen LogP contribution in [0.2, 0.25) is 0 Å². The second-order valence-electron chi connectivity index (χ2n) is 9.16. The molecule has 0 aromatic carbocycles. The van der Waals surface area contributed by atoms with Crippen LogP contribution < -0.4 is 16.0 Å². The molecule has 5 rings (SSSR count). The number of carbonyl (C=O) groups excluding carboxylic acids is 1. The fraction of sp³-hybridized carbons (Fsp3) is 0.500. The molecule has 10 nitrogen and oxygen atoms in total. The Morgan fingerprint density at radius 2 is 2.06 bits per heavy atom. The third-order valence-corrected chi connectivity index (χ3v) is 7.53. The molecular formula is C22H27N7O3S. The number of aromatic nitrogens is 4. The number of nitrogens with two attached hydrogens (primary N) is 1. The average Bonchev–Trinajstić information content (AvgIpc) is 3.14. The molecule has 33 heavy (non-hydrogen) atoms. The number of hydrogen-bond donors (Lipinski definition) is 2. The van der Waals surface area contributed by atoms with Crippen molar-refractivity contribution in [1.82, 2.24) is 19.9 Å². The summed E-state index contributed by atoms with van der Waals surface area (Å²) in [4.78, 5) is 32.5. The van der Waals surface area contributed by atoms with Gasteiger partial charge in [0.25, 0.3) is 0 Å². The van der Waals surface area contributed by atoms with Crippen molar-refractivity contribution in [1.29, 1.82) is 0 Å². The van der Waals surface area contributed by atoms with Crippen molar-refractivity contribution in [2.75, 3.05) is 35.7 Å². The standard InChI is InChI=1S/C22H27N7O3S/c1-22(2,12-32-20(23)30)28-19-17-16(7-10-33(17)31)26-21(27-19)29-8-5-13(6-9-29)18-24-11-14-3-4-15(14)25-18/h5,11H,3-4,6-10,12H2,1-2H3,(H2,23,30)(H,26,27,28). The van der Waals surface area contributed by atoms with E-state index in [1.165, 1.54) is 5.56 Å². The third-order valence-electron chi connectivity index (χ3n) is 6.07. The Bertz CT molecular complexity index is 1180. The topological polar surface area (TPSA) is 136 Å². The van der Waals surface area contributed by atoms with E-state index >= 15 is 0 Å². The molecule has 3 N–H and O–H groups in total. The highest BCUT2D eigenvalue weighted by atomic mass is 32.2. The first-order chi connectivity index (χ1) is 15.8. The Kier molecular flexibility index (Phi) is 5.51. The number of ether oxygens (including phenoxy) is 1. The minimum absolute atomic E-state index is 0.0552. The molecule has 0 bridgehead atoms. The number of nitrogens with zero attached hydrogens (tertiary/aromatic N) is 5. The van der Waals surface area contributed by atoms with E-state index in [0.717, 1.165) is 48.6 Å². The first-order valence-electron chi connectivity index (χ1n) is 11.1. The van der Waals surface area contributed by atoms with E-state index in [2.05, 4.69) is 21.3 Å². The van der Waals surface area contributed by atoms with Crippen LogP contribution in [-0.4, -0.2) is 61.2 Å². The van der Waals surface area contributed by atoms with Gasteiger partial charge in [0.05, 0.1) is 22.0 Å². The van der Waals surface area contributed by atoms with Crippen LogP contribution in [0.1, 0.15) is 43.0 Å². The molecule has 1 unspecified atom stereocenters. The number of amides is 1. The summed E-state index contributed by atoms with van der Waals surface area (Å²) < 4.78 is 17.6. The molecule has 0 saturated heterocycles. The van der Waals surface area contributed by atoms with Gasteiger partial charge in [-0.2, -0.15) is 4.98 Å². The summed E-state index contributed by atoms with van der Waals surface area (Å²) >= 11 is 0. The summed E-state index contributed by atoms with van der Waals surface area (Å²) in [5, 5.41) is 3.30. The highest BCUT2D eigenvalue weighted by molar-refractivity contribution is 7.85. The normalized spacial score (nSPS) is 19.3. The molecule has 2 aromatic rings. The van der Waals surface area contributed by atoms with E-state index < -0.39 is 22.4 Å². The molecular weight excluding hydrogens is 442 g/mol. The van der Waals surface area contributed by atoms with Crippen LogP contribution >= 0.6 is 0 Å². The van der Waals surface area contributed by atoms with E-state index in [9.17, 15) is 9.00 Å². The van der Waals surface area contributed by atoms with Crippen LogP contribution in [0.5, 0.6) is 0 Å². The van der Waals surface area contributed by atoms with Gasteiger partial charge in [-0.05, 0) is 44.2 Å². The van der Waals surface area contributed by atoms with Gasteiger partial charge in [0.15, 0.2) is 5.82 Å². The van der Waals surface area contributed by atoms with Crippen molar-refractivity contribution in [3.05, 3.63) is 35.0 Å². The van der Waals surface area contributed by atoms with Crippen molar-refractivity contribution in [3.63, 3.8) is 0 Å². The van der Waals surface area contributed by atoms with E-state index in [1.54, 1.807) is 0 Å². The predicted octanol–water partition coefficient (Wildman–Crippen LogP) is 1.61. The summed E-state index contributed by atoms with van der Waals surface area (Å²) in [7, 11) is -1.17. The number of carbonyl (C=O) groups is 1. The van der Waals surface area contributed by atoms with Gasteiger partial charge in [-0.3, -0.25) is 4.21 Å². The molecule has 174 valence electrons. The number of hydrogen-bond acceptors (Lipinski definition) is 9. The SMILES string of the molecule is CC(C)(COC(N)=O)Nc1nc(N2CC=C(c3ncc4c(n3)CC4)CC2)nc2c1S(=O)CC2. The highest BCUT2D eigenvalue weighted by Crippen LogP contribution is 2.33. The molecule has 1 atom stereocenters. The zero-order valence-electron chi connectivity index (χ0n) is 18.8. The van der Waals surface area contributed by atoms with Crippen molar-refractivity contribution in [3.8, 4) is 0 Å². The highest BCUT2D eigenvalue weighted by Gasteiger charge is 2.31. The second kappa shape index (κ2) is 8.36. The molecule has 2 aromatic heterocycles. The molecule has 2 aliphatic heterocycles. The fourth-order valence-corrected chi connectivity index (χ4v) is 5.48. The van der Waals surface area contributed by atoms with Gasteiger partial charge >= 0.3 is 6.09 Å².